The monoisotopic (exact) mass is 428 g/mol. The maximum Gasteiger partial charge on any atom is 0.244 e. The van der Waals surface area contributed by atoms with Crippen molar-refractivity contribution in [1.82, 2.24) is 10.2 Å². The van der Waals surface area contributed by atoms with Gasteiger partial charge in [0.05, 0.1) is 6.26 Å². The Kier molecular flexibility index (Phi) is 7.48. The highest BCUT2D eigenvalue weighted by Crippen LogP contribution is 2.15. The van der Waals surface area contributed by atoms with E-state index in [0.717, 1.165) is 44.5 Å². The van der Waals surface area contributed by atoms with Gasteiger partial charge in [0.1, 0.15) is 0 Å². The van der Waals surface area contributed by atoms with E-state index in [1.807, 2.05) is 6.07 Å². The van der Waals surface area contributed by atoms with Gasteiger partial charge in [-0.15, -0.1) is 0 Å². The van der Waals surface area contributed by atoms with Crippen LogP contribution in [0.5, 0.6) is 0 Å². The Morgan fingerprint density at radius 3 is 2.30 bits per heavy atom. The maximum atomic E-state index is 12.0. The molecule has 2 aromatic carbocycles. The molecule has 0 atom stereocenters. The van der Waals surface area contributed by atoms with Gasteiger partial charge in [-0.25, -0.2) is 8.42 Å². The standard InChI is InChI=1S/C22H28N4O3S/c1-30(28,29)24-20-10-7-19(8-11-20)9-12-22(27)23-13-14-25-15-17-26(18-16-25)21-5-3-2-4-6-21/h2-12,24H,13-18H2,1H3,(H,23,27)/b12-9+. The van der Waals surface area contributed by atoms with Crippen molar-refractivity contribution in [2.45, 2.75) is 0 Å². The number of hydrogen-bond donors (Lipinski definition) is 2. The summed E-state index contributed by atoms with van der Waals surface area (Å²) < 4.78 is 24.8. The SMILES string of the molecule is CS(=O)(=O)Nc1ccc(/C=C/C(=O)NCCN2CCN(c3ccccc3)CC2)cc1. The van der Waals surface area contributed by atoms with Crippen molar-refractivity contribution in [1.29, 1.82) is 0 Å². The molecule has 2 N–H and O–H groups in total. The Morgan fingerprint density at radius 1 is 1.00 bits per heavy atom. The van der Waals surface area contributed by atoms with Crippen LogP contribution in [0.3, 0.4) is 0 Å². The lowest BCUT2D eigenvalue weighted by molar-refractivity contribution is -0.116. The molecule has 1 aliphatic heterocycles. The van der Waals surface area contributed by atoms with Crippen molar-refractivity contribution in [3.05, 3.63) is 66.2 Å². The zero-order chi connectivity index (χ0) is 21.4. The third kappa shape index (κ3) is 7.20. The number of piperazine rings is 1. The molecule has 0 spiro atoms. The highest BCUT2D eigenvalue weighted by atomic mass is 32.2. The summed E-state index contributed by atoms with van der Waals surface area (Å²) in [7, 11) is -3.29. The highest BCUT2D eigenvalue weighted by Gasteiger charge is 2.16. The zero-order valence-corrected chi connectivity index (χ0v) is 17.9. The molecule has 7 nitrogen and oxygen atoms in total. The molecular weight excluding hydrogens is 400 g/mol. The van der Waals surface area contributed by atoms with E-state index in [9.17, 15) is 13.2 Å². The number of rotatable bonds is 8. The number of benzene rings is 2. The number of nitrogens with zero attached hydrogens (tertiary/aromatic N) is 2. The van der Waals surface area contributed by atoms with Crippen LogP contribution in [0.25, 0.3) is 6.08 Å². The minimum absolute atomic E-state index is 0.142. The lowest BCUT2D eigenvalue weighted by Crippen LogP contribution is -2.48. The summed E-state index contributed by atoms with van der Waals surface area (Å²) in [6.07, 6.45) is 4.30. The van der Waals surface area contributed by atoms with Crippen molar-refractivity contribution < 1.29 is 13.2 Å². The molecule has 1 amide bonds. The molecule has 1 heterocycles. The van der Waals surface area contributed by atoms with Crippen LogP contribution in [0.1, 0.15) is 5.56 Å². The number of para-hydroxylation sites is 1. The first-order valence-electron chi connectivity index (χ1n) is 9.95. The van der Waals surface area contributed by atoms with Gasteiger partial charge in [0.15, 0.2) is 0 Å². The van der Waals surface area contributed by atoms with Gasteiger partial charge >= 0.3 is 0 Å². The van der Waals surface area contributed by atoms with E-state index in [1.54, 1.807) is 30.3 Å². The van der Waals surface area contributed by atoms with Gasteiger partial charge in [-0.3, -0.25) is 14.4 Å². The summed E-state index contributed by atoms with van der Waals surface area (Å²) in [5.74, 6) is -0.142. The minimum atomic E-state index is -3.29. The van der Waals surface area contributed by atoms with Crippen LogP contribution < -0.4 is 14.9 Å². The number of carbonyl (C=O) groups is 1. The average Bonchev–Trinajstić information content (AvgIpc) is 2.73. The lowest BCUT2D eigenvalue weighted by atomic mass is 10.2. The third-order valence-electron chi connectivity index (χ3n) is 4.86. The molecule has 0 radical (unpaired) electrons. The van der Waals surface area contributed by atoms with Gasteiger partial charge in [0.2, 0.25) is 15.9 Å². The highest BCUT2D eigenvalue weighted by molar-refractivity contribution is 7.92. The third-order valence-corrected chi connectivity index (χ3v) is 5.47. The Balaban J connectivity index is 1.36. The van der Waals surface area contributed by atoms with Gasteiger partial charge in [0, 0.05) is 56.7 Å². The van der Waals surface area contributed by atoms with E-state index in [1.165, 1.54) is 11.8 Å². The van der Waals surface area contributed by atoms with Gasteiger partial charge < -0.3 is 10.2 Å². The molecule has 0 aliphatic carbocycles. The summed E-state index contributed by atoms with van der Waals surface area (Å²) in [5.41, 5.74) is 2.57. The molecule has 0 saturated carbocycles. The van der Waals surface area contributed by atoms with Crippen molar-refractivity contribution in [3.63, 3.8) is 0 Å². The second-order valence-corrected chi connectivity index (χ2v) is 9.03. The van der Waals surface area contributed by atoms with Crippen LogP contribution >= 0.6 is 0 Å². The van der Waals surface area contributed by atoms with Crippen molar-refractivity contribution >= 4 is 33.4 Å². The molecular formula is C22H28N4O3S. The number of carbonyl (C=O) groups excluding carboxylic acids is 1. The van der Waals surface area contributed by atoms with E-state index >= 15 is 0 Å². The van der Waals surface area contributed by atoms with Crippen LogP contribution in [-0.4, -0.2) is 64.7 Å². The van der Waals surface area contributed by atoms with Crippen molar-refractivity contribution in [3.8, 4) is 0 Å². The largest absolute Gasteiger partial charge is 0.369 e. The number of hydrogen-bond acceptors (Lipinski definition) is 5. The van der Waals surface area contributed by atoms with Crippen LogP contribution in [0.4, 0.5) is 11.4 Å². The van der Waals surface area contributed by atoms with E-state index in [2.05, 4.69) is 44.1 Å². The van der Waals surface area contributed by atoms with E-state index in [0.29, 0.717) is 12.2 Å². The quantitative estimate of drug-likeness (QED) is 0.629. The fourth-order valence-corrected chi connectivity index (χ4v) is 3.88. The first-order chi connectivity index (χ1) is 14.4. The average molecular weight is 429 g/mol. The number of anilines is 2. The molecule has 3 rings (SSSR count). The Hall–Kier alpha value is -2.84. The molecule has 30 heavy (non-hydrogen) atoms. The predicted molar refractivity (Wildman–Crippen MR) is 122 cm³/mol. The Morgan fingerprint density at radius 2 is 1.67 bits per heavy atom. The summed E-state index contributed by atoms with van der Waals surface area (Å²) in [4.78, 5) is 16.8. The van der Waals surface area contributed by atoms with E-state index in [-0.39, 0.29) is 5.91 Å². The van der Waals surface area contributed by atoms with E-state index in [4.69, 9.17) is 0 Å². The number of nitrogens with one attached hydrogen (secondary N) is 2. The van der Waals surface area contributed by atoms with Crippen LogP contribution in [0.2, 0.25) is 0 Å². The first-order valence-corrected chi connectivity index (χ1v) is 11.8. The normalized spacial score (nSPS) is 15.3. The molecule has 8 heteroatoms. The second kappa shape index (κ2) is 10.3. The molecule has 2 aromatic rings. The van der Waals surface area contributed by atoms with Crippen molar-refractivity contribution in [2.75, 3.05) is 55.1 Å². The number of amides is 1. The van der Waals surface area contributed by atoms with Gasteiger partial charge in [-0.05, 0) is 35.9 Å². The van der Waals surface area contributed by atoms with Gasteiger partial charge in [-0.2, -0.15) is 0 Å². The Labute approximate surface area is 178 Å². The fraction of sp³-hybridized carbons (Fsp3) is 0.318. The molecule has 0 aromatic heterocycles. The summed E-state index contributed by atoms with van der Waals surface area (Å²) in [6, 6.07) is 17.3. The van der Waals surface area contributed by atoms with Gasteiger partial charge in [0.25, 0.3) is 0 Å². The first kappa shape index (κ1) is 21.9. The summed E-state index contributed by atoms with van der Waals surface area (Å²) in [5, 5.41) is 2.91. The molecule has 1 fully saturated rings. The van der Waals surface area contributed by atoms with Crippen LogP contribution in [0.15, 0.2) is 60.7 Å². The molecule has 0 unspecified atom stereocenters. The van der Waals surface area contributed by atoms with Gasteiger partial charge in [-0.1, -0.05) is 30.3 Å². The molecule has 1 saturated heterocycles. The fourth-order valence-electron chi connectivity index (χ4n) is 3.31. The summed E-state index contributed by atoms with van der Waals surface area (Å²) in [6.45, 7) is 5.37. The van der Waals surface area contributed by atoms with E-state index < -0.39 is 10.0 Å². The van der Waals surface area contributed by atoms with Crippen LogP contribution in [-0.2, 0) is 14.8 Å². The van der Waals surface area contributed by atoms with Crippen molar-refractivity contribution in [2.24, 2.45) is 0 Å². The molecule has 160 valence electrons. The minimum Gasteiger partial charge on any atom is -0.369 e. The molecule has 1 aliphatic rings. The smallest absolute Gasteiger partial charge is 0.244 e. The predicted octanol–water partition coefficient (Wildman–Crippen LogP) is 2.01. The number of sulfonamides is 1. The zero-order valence-electron chi connectivity index (χ0n) is 17.1. The Bertz CT molecular complexity index is 952. The molecule has 0 bridgehead atoms. The second-order valence-electron chi connectivity index (χ2n) is 7.28. The lowest BCUT2D eigenvalue weighted by Gasteiger charge is -2.36. The maximum absolute atomic E-state index is 12.0. The summed E-state index contributed by atoms with van der Waals surface area (Å²) >= 11 is 0. The van der Waals surface area contributed by atoms with Crippen LogP contribution in [0, 0.1) is 0 Å². The topological polar surface area (TPSA) is 81.7 Å².